The summed E-state index contributed by atoms with van der Waals surface area (Å²) in [6.45, 7) is 3.84. The van der Waals surface area contributed by atoms with Crippen molar-refractivity contribution in [2.45, 2.75) is 44.9 Å². The summed E-state index contributed by atoms with van der Waals surface area (Å²) in [5.41, 5.74) is 3.92. The van der Waals surface area contributed by atoms with Gasteiger partial charge in [-0.3, -0.25) is 14.6 Å². The second-order valence-corrected chi connectivity index (χ2v) is 8.23. The third-order valence-electron chi connectivity index (χ3n) is 6.22. The Morgan fingerprint density at radius 3 is 2.55 bits per heavy atom. The van der Waals surface area contributed by atoms with Crippen LogP contribution in [0.2, 0.25) is 0 Å². The molecule has 0 radical (unpaired) electrons. The minimum atomic E-state index is -0.197. The van der Waals surface area contributed by atoms with E-state index in [0.29, 0.717) is 35.4 Å². The number of hydrogen-bond donors (Lipinski definition) is 1. The number of aromatic nitrogens is 3. The van der Waals surface area contributed by atoms with Gasteiger partial charge in [0.2, 0.25) is 5.95 Å². The first-order chi connectivity index (χ1) is 14.1. The number of aryl methyl sites for hydroxylation is 1. The van der Waals surface area contributed by atoms with Gasteiger partial charge in [-0.15, -0.1) is 0 Å². The highest BCUT2D eigenvalue weighted by molar-refractivity contribution is 6.02. The van der Waals surface area contributed by atoms with Gasteiger partial charge in [0.05, 0.1) is 5.39 Å². The first-order valence-corrected chi connectivity index (χ1v) is 10.4. The van der Waals surface area contributed by atoms with Crippen LogP contribution in [-0.4, -0.2) is 33.8 Å². The second kappa shape index (κ2) is 7.10. The Morgan fingerprint density at radius 2 is 1.79 bits per heavy atom. The predicted molar refractivity (Wildman–Crippen MR) is 113 cm³/mol. The highest BCUT2D eigenvalue weighted by Crippen LogP contribution is 2.35. The Bertz CT molecular complexity index is 1140. The van der Waals surface area contributed by atoms with E-state index < -0.39 is 0 Å². The highest BCUT2D eigenvalue weighted by atomic mass is 16.1. The summed E-state index contributed by atoms with van der Waals surface area (Å²) in [4.78, 5) is 40.0. The first kappa shape index (κ1) is 18.0. The van der Waals surface area contributed by atoms with Gasteiger partial charge in [-0.2, -0.15) is 4.98 Å². The molecule has 3 heterocycles. The lowest BCUT2D eigenvalue weighted by Crippen LogP contribution is -2.33. The lowest BCUT2D eigenvalue weighted by molar-refractivity contribution is 0.0964. The molecule has 0 unspecified atom stereocenters. The quantitative estimate of drug-likeness (QED) is 0.727. The van der Waals surface area contributed by atoms with Crippen molar-refractivity contribution in [1.29, 1.82) is 0 Å². The number of nitrogens with one attached hydrogen (secondary N) is 1. The van der Waals surface area contributed by atoms with Crippen LogP contribution >= 0.6 is 0 Å². The first-order valence-electron chi connectivity index (χ1n) is 10.4. The summed E-state index contributed by atoms with van der Waals surface area (Å²) in [6, 6.07) is 8.30. The van der Waals surface area contributed by atoms with Crippen molar-refractivity contribution in [3.63, 3.8) is 0 Å². The minimum Gasteiger partial charge on any atom is -0.342 e. The van der Waals surface area contributed by atoms with Gasteiger partial charge in [0.15, 0.2) is 11.4 Å². The number of piperidine rings is 1. The van der Waals surface area contributed by atoms with Crippen LogP contribution in [0.4, 0.5) is 5.95 Å². The van der Waals surface area contributed by atoms with Crippen LogP contribution in [-0.2, 0) is 6.42 Å². The number of ketones is 1. The number of carbonyl (C=O) groups is 1. The van der Waals surface area contributed by atoms with Gasteiger partial charge in [-0.1, -0.05) is 29.8 Å². The normalized spacial score (nSPS) is 19.4. The fraction of sp³-hybridized carbons (Fsp3) is 0.391. The van der Waals surface area contributed by atoms with E-state index in [1.807, 2.05) is 0 Å². The predicted octanol–water partition coefficient (Wildman–Crippen LogP) is 3.53. The fourth-order valence-electron chi connectivity index (χ4n) is 4.59. The van der Waals surface area contributed by atoms with Gasteiger partial charge >= 0.3 is 0 Å². The number of H-pyrrole nitrogens is 1. The molecular weight excluding hydrogens is 364 g/mol. The number of pyridine rings is 1. The van der Waals surface area contributed by atoms with Gasteiger partial charge in [0.25, 0.3) is 5.56 Å². The third kappa shape index (κ3) is 3.22. The van der Waals surface area contributed by atoms with Gasteiger partial charge in [-0.05, 0) is 49.7 Å². The van der Waals surface area contributed by atoms with Crippen molar-refractivity contribution >= 4 is 22.8 Å². The van der Waals surface area contributed by atoms with Crippen LogP contribution in [0.3, 0.4) is 0 Å². The number of Topliss-reactive ketones (excluding diaryl/α,β-unsaturated/α-hetero) is 1. The molecule has 1 aliphatic heterocycles. The molecule has 1 fully saturated rings. The molecule has 29 heavy (non-hydrogen) atoms. The van der Waals surface area contributed by atoms with Crippen molar-refractivity contribution in [3.05, 3.63) is 63.1 Å². The zero-order valence-corrected chi connectivity index (χ0v) is 16.6. The molecule has 0 bridgehead atoms. The average molecular weight is 388 g/mol. The molecule has 0 amide bonds. The molecule has 5 rings (SSSR count). The smallest absolute Gasteiger partial charge is 0.262 e. The zero-order chi connectivity index (χ0) is 20.0. The van der Waals surface area contributed by atoms with Crippen molar-refractivity contribution in [2.75, 3.05) is 18.0 Å². The second-order valence-electron chi connectivity index (χ2n) is 8.23. The average Bonchev–Trinajstić information content (AvgIpc) is 2.74. The molecule has 1 N–H and O–H groups in total. The zero-order valence-electron chi connectivity index (χ0n) is 16.6. The van der Waals surface area contributed by atoms with Crippen molar-refractivity contribution in [1.82, 2.24) is 15.0 Å². The monoisotopic (exact) mass is 388 g/mol. The molecule has 1 aromatic carbocycles. The van der Waals surface area contributed by atoms with E-state index in [-0.39, 0.29) is 17.3 Å². The number of fused-ring (bicyclic) bond motifs is 3. The molecular formula is C23H24N4O2. The van der Waals surface area contributed by atoms with Gasteiger partial charge < -0.3 is 4.90 Å². The maximum atomic E-state index is 13.0. The van der Waals surface area contributed by atoms with E-state index in [2.05, 4.69) is 51.0 Å². The molecule has 1 atom stereocenters. The summed E-state index contributed by atoms with van der Waals surface area (Å²) >= 11 is 0. The fourth-order valence-corrected chi connectivity index (χ4v) is 4.59. The van der Waals surface area contributed by atoms with Crippen molar-refractivity contribution in [2.24, 2.45) is 0 Å². The summed E-state index contributed by atoms with van der Waals surface area (Å²) in [7, 11) is 0. The number of anilines is 1. The van der Waals surface area contributed by atoms with E-state index in [1.54, 1.807) is 6.20 Å². The lowest BCUT2D eigenvalue weighted by atomic mass is 9.79. The molecule has 2 aromatic heterocycles. The standard InChI is InChI=1S/C23H24N4O2/c1-14-5-7-15(8-6-14)16-11-17-18(19(28)12-16)13-24-21-20(17)22(29)26-23(25-21)27-9-3-2-4-10-27/h5-8,13,16H,2-4,9-12H2,1H3,(H,24,25,26,29)/t16-/m1/s1. The number of benzene rings is 1. The topological polar surface area (TPSA) is 79.0 Å². The Hall–Kier alpha value is -3.02. The summed E-state index contributed by atoms with van der Waals surface area (Å²) < 4.78 is 0. The third-order valence-corrected chi connectivity index (χ3v) is 6.22. The van der Waals surface area contributed by atoms with Gasteiger partial charge in [0, 0.05) is 31.3 Å². The number of carbonyl (C=O) groups excluding carboxylic acids is 1. The minimum absolute atomic E-state index is 0.0470. The van der Waals surface area contributed by atoms with E-state index in [1.165, 1.54) is 12.0 Å². The summed E-state index contributed by atoms with van der Waals surface area (Å²) in [5, 5.41) is 0.466. The van der Waals surface area contributed by atoms with Crippen LogP contribution in [0, 0.1) is 6.92 Å². The van der Waals surface area contributed by atoms with Crippen LogP contribution < -0.4 is 10.5 Å². The van der Waals surface area contributed by atoms with Crippen molar-refractivity contribution in [3.8, 4) is 0 Å². The number of rotatable bonds is 2. The summed E-state index contributed by atoms with van der Waals surface area (Å²) in [5.74, 6) is 0.708. The van der Waals surface area contributed by atoms with Gasteiger partial charge in [-0.25, -0.2) is 4.98 Å². The molecule has 1 aliphatic carbocycles. The SMILES string of the molecule is Cc1ccc([C@H]2CC(=O)c3cnc4nc(N5CCCCC5)[nH]c(=O)c4c3C2)cc1. The van der Waals surface area contributed by atoms with E-state index >= 15 is 0 Å². The maximum absolute atomic E-state index is 13.0. The van der Waals surface area contributed by atoms with Crippen molar-refractivity contribution < 1.29 is 4.79 Å². The van der Waals surface area contributed by atoms with E-state index in [0.717, 1.165) is 37.1 Å². The Kier molecular flexibility index (Phi) is 4.42. The molecule has 3 aromatic rings. The lowest BCUT2D eigenvalue weighted by Gasteiger charge is -2.28. The van der Waals surface area contributed by atoms with E-state index in [4.69, 9.17) is 0 Å². The molecule has 0 spiro atoms. The molecule has 2 aliphatic rings. The van der Waals surface area contributed by atoms with Crippen LogP contribution in [0.1, 0.15) is 58.6 Å². The largest absolute Gasteiger partial charge is 0.342 e. The number of aromatic amines is 1. The molecule has 148 valence electrons. The maximum Gasteiger partial charge on any atom is 0.262 e. The number of nitrogens with zero attached hydrogens (tertiary/aromatic N) is 3. The molecule has 0 saturated carbocycles. The summed E-state index contributed by atoms with van der Waals surface area (Å²) in [6.07, 6.45) is 6.12. The molecule has 6 heteroatoms. The van der Waals surface area contributed by atoms with Crippen LogP contribution in [0.15, 0.2) is 35.3 Å². The van der Waals surface area contributed by atoms with E-state index in [9.17, 15) is 9.59 Å². The van der Waals surface area contributed by atoms with Crippen LogP contribution in [0.5, 0.6) is 0 Å². The Labute approximate surface area is 169 Å². The number of hydrogen-bond acceptors (Lipinski definition) is 5. The highest BCUT2D eigenvalue weighted by Gasteiger charge is 2.29. The van der Waals surface area contributed by atoms with Gasteiger partial charge in [0.1, 0.15) is 0 Å². The van der Waals surface area contributed by atoms with Crippen LogP contribution in [0.25, 0.3) is 11.0 Å². The molecule has 1 saturated heterocycles. The molecule has 6 nitrogen and oxygen atoms in total. The Morgan fingerprint density at radius 1 is 1.03 bits per heavy atom. The Balaban J connectivity index is 1.59.